The lowest BCUT2D eigenvalue weighted by atomic mass is 9.97. The largest absolute Gasteiger partial charge is 0.352 e. The van der Waals surface area contributed by atoms with E-state index in [0.29, 0.717) is 11.5 Å². The molecule has 0 aliphatic carbocycles. The molecule has 0 saturated carbocycles. The third-order valence-corrected chi connectivity index (χ3v) is 5.92. The molecule has 1 fully saturated rings. The summed E-state index contributed by atoms with van der Waals surface area (Å²) in [6, 6.07) is 18.1. The summed E-state index contributed by atoms with van der Waals surface area (Å²) in [6.45, 7) is 6.80. The molecule has 1 N–H and O–H groups in total. The molecule has 1 atom stereocenters. The predicted molar refractivity (Wildman–Crippen MR) is 120 cm³/mol. The number of nitrogens with zero attached hydrogens (tertiary/aromatic N) is 3. The normalized spacial score (nSPS) is 17.0. The Bertz CT molecular complexity index is 949. The van der Waals surface area contributed by atoms with Gasteiger partial charge in [-0.1, -0.05) is 42.5 Å². The number of carbonyl (C=O) groups excluding carboxylic acids is 1. The standard InChI is InChI=1S/C25H30N4O/c1-2-29-16-14-26-24(29)19-28-15-6-7-20(18-28)17-27-25(30)23-12-10-22(11-13-23)21-8-4-3-5-9-21/h3-5,8-14,16,20H,2,6-7,15,17-19H2,1H3,(H,27,30)/t20-/m0/s1. The van der Waals surface area contributed by atoms with Gasteiger partial charge in [-0.05, 0) is 55.5 Å². The van der Waals surface area contributed by atoms with Gasteiger partial charge in [-0.25, -0.2) is 4.98 Å². The summed E-state index contributed by atoms with van der Waals surface area (Å²) in [5, 5.41) is 3.14. The summed E-state index contributed by atoms with van der Waals surface area (Å²) in [5.41, 5.74) is 3.00. The third-order valence-electron chi connectivity index (χ3n) is 5.92. The maximum atomic E-state index is 12.6. The fourth-order valence-electron chi connectivity index (χ4n) is 4.22. The number of piperidine rings is 1. The van der Waals surface area contributed by atoms with Crippen molar-refractivity contribution in [3.63, 3.8) is 0 Å². The van der Waals surface area contributed by atoms with Crippen LogP contribution in [0.1, 0.15) is 35.9 Å². The van der Waals surface area contributed by atoms with Crippen LogP contribution in [0.15, 0.2) is 67.0 Å². The lowest BCUT2D eigenvalue weighted by Crippen LogP contribution is -2.41. The molecule has 1 aromatic heterocycles. The Kier molecular flexibility index (Phi) is 6.60. The fourth-order valence-corrected chi connectivity index (χ4v) is 4.22. The third kappa shape index (κ3) is 4.97. The first kappa shape index (κ1) is 20.4. The van der Waals surface area contributed by atoms with Crippen molar-refractivity contribution < 1.29 is 4.79 Å². The Labute approximate surface area is 178 Å². The molecule has 3 aromatic rings. The molecule has 0 unspecified atom stereocenters. The number of imidazole rings is 1. The minimum absolute atomic E-state index is 0.00765. The summed E-state index contributed by atoms with van der Waals surface area (Å²) >= 11 is 0. The van der Waals surface area contributed by atoms with E-state index < -0.39 is 0 Å². The SMILES string of the molecule is CCn1ccnc1CN1CCC[C@@H](CNC(=O)c2ccc(-c3ccccc3)cc2)C1. The molecule has 0 radical (unpaired) electrons. The second kappa shape index (κ2) is 9.72. The van der Waals surface area contributed by atoms with Crippen molar-refractivity contribution >= 4 is 5.91 Å². The average Bonchev–Trinajstić information content (AvgIpc) is 3.25. The maximum absolute atomic E-state index is 12.6. The van der Waals surface area contributed by atoms with Crippen LogP contribution in [0.5, 0.6) is 0 Å². The number of carbonyl (C=O) groups is 1. The van der Waals surface area contributed by atoms with Crippen molar-refractivity contribution in [1.82, 2.24) is 19.8 Å². The zero-order valence-corrected chi connectivity index (χ0v) is 17.6. The number of amides is 1. The molecule has 1 aliphatic rings. The van der Waals surface area contributed by atoms with E-state index in [1.54, 1.807) is 0 Å². The molecular weight excluding hydrogens is 372 g/mol. The Balaban J connectivity index is 1.29. The smallest absolute Gasteiger partial charge is 0.251 e. The van der Waals surface area contributed by atoms with Gasteiger partial charge >= 0.3 is 0 Å². The highest BCUT2D eigenvalue weighted by Gasteiger charge is 2.21. The van der Waals surface area contributed by atoms with E-state index in [2.05, 4.69) is 38.8 Å². The highest BCUT2D eigenvalue weighted by Crippen LogP contribution is 2.20. The van der Waals surface area contributed by atoms with Crippen LogP contribution in [0.25, 0.3) is 11.1 Å². The number of aromatic nitrogens is 2. The second-order valence-electron chi connectivity index (χ2n) is 8.03. The summed E-state index contributed by atoms with van der Waals surface area (Å²) < 4.78 is 2.20. The van der Waals surface area contributed by atoms with Gasteiger partial charge in [0.25, 0.3) is 5.91 Å². The van der Waals surface area contributed by atoms with Gasteiger partial charge in [0.2, 0.25) is 0 Å². The summed E-state index contributed by atoms with van der Waals surface area (Å²) in [6.07, 6.45) is 6.24. The zero-order valence-electron chi connectivity index (χ0n) is 17.6. The zero-order chi connectivity index (χ0) is 20.8. The number of likely N-dealkylation sites (tertiary alicyclic amines) is 1. The first-order valence-corrected chi connectivity index (χ1v) is 10.9. The van der Waals surface area contributed by atoms with Gasteiger partial charge < -0.3 is 9.88 Å². The van der Waals surface area contributed by atoms with E-state index in [1.807, 2.05) is 54.9 Å². The molecule has 1 amide bonds. The molecule has 156 valence electrons. The van der Waals surface area contributed by atoms with E-state index in [-0.39, 0.29) is 5.91 Å². The molecule has 0 spiro atoms. The van der Waals surface area contributed by atoms with Crippen LogP contribution < -0.4 is 5.32 Å². The Morgan fingerprint density at radius 2 is 1.87 bits per heavy atom. The van der Waals surface area contributed by atoms with E-state index in [4.69, 9.17) is 0 Å². The monoisotopic (exact) mass is 402 g/mol. The van der Waals surface area contributed by atoms with Gasteiger partial charge in [-0.15, -0.1) is 0 Å². The summed E-state index contributed by atoms with van der Waals surface area (Å²) in [4.78, 5) is 19.6. The average molecular weight is 403 g/mol. The Morgan fingerprint density at radius 1 is 1.10 bits per heavy atom. The molecule has 2 aromatic carbocycles. The highest BCUT2D eigenvalue weighted by atomic mass is 16.1. The van der Waals surface area contributed by atoms with Crippen LogP contribution in [0, 0.1) is 5.92 Å². The van der Waals surface area contributed by atoms with E-state index in [1.165, 1.54) is 6.42 Å². The van der Waals surface area contributed by atoms with Gasteiger partial charge in [-0.2, -0.15) is 0 Å². The number of benzene rings is 2. The van der Waals surface area contributed by atoms with Gasteiger partial charge in [-0.3, -0.25) is 9.69 Å². The topological polar surface area (TPSA) is 50.2 Å². The minimum atomic E-state index is 0.00765. The lowest BCUT2D eigenvalue weighted by molar-refractivity contribution is 0.0929. The first-order chi connectivity index (χ1) is 14.7. The van der Waals surface area contributed by atoms with Crippen molar-refractivity contribution in [1.29, 1.82) is 0 Å². The molecule has 5 heteroatoms. The fraction of sp³-hybridized carbons (Fsp3) is 0.360. The van der Waals surface area contributed by atoms with Crippen LogP contribution in [0.4, 0.5) is 0 Å². The second-order valence-corrected chi connectivity index (χ2v) is 8.03. The van der Waals surface area contributed by atoms with Crippen LogP contribution in [0.2, 0.25) is 0 Å². The molecular formula is C25H30N4O. The van der Waals surface area contributed by atoms with Crippen molar-refractivity contribution in [3.8, 4) is 11.1 Å². The van der Waals surface area contributed by atoms with Crippen molar-refractivity contribution in [2.24, 2.45) is 5.92 Å². The van der Waals surface area contributed by atoms with Gasteiger partial charge in [0.15, 0.2) is 0 Å². The quantitative estimate of drug-likeness (QED) is 0.644. The van der Waals surface area contributed by atoms with E-state index in [0.717, 1.165) is 56.1 Å². The van der Waals surface area contributed by atoms with Crippen molar-refractivity contribution in [2.75, 3.05) is 19.6 Å². The number of hydrogen-bond acceptors (Lipinski definition) is 3. The van der Waals surface area contributed by atoms with Crippen molar-refractivity contribution in [3.05, 3.63) is 78.4 Å². The first-order valence-electron chi connectivity index (χ1n) is 10.9. The van der Waals surface area contributed by atoms with E-state index in [9.17, 15) is 4.79 Å². The molecule has 30 heavy (non-hydrogen) atoms. The number of nitrogens with one attached hydrogen (secondary N) is 1. The summed E-state index contributed by atoms with van der Waals surface area (Å²) in [5.74, 6) is 1.62. The molecule has 2 heterocycles. The Morgan fingerprint density at radius 3 is 2.63 bits per heavy atom. The van der Waals surface area contributed by atoms with Crippen LogP contribution in [-0.2, 0) is 13.1 Å². The van der Waals surface area contributed by atoms with Gasteiger partial charge in [0, 0.05) is 37.6 Å². The lowest BCUT2D eigenvalue weighted by Gasteiger charge is -2.32. The van der Waals surface area contributed by atoms with Gasteiger partial charge in [0.05, 0.1) is 6.54 Å². The molecule has 0 bridgehead atoms. The number of rotatable bonds is 7. The molecule has 5 nitrogen and oxygen atoms in total. The maximum Gasteiger partial charge on any atom is 0.251 e. The van der Waals surface area contributed by atoms with Crippen LogP contribution in [0.3, 0.4) is 0 Å². The number of aryl methyl sites for hydroxylation is 1. The highest BCUT2D eigenvalue weighted by molar-refractivity contribution is 5.94. The van der Waals surface area contributed by atoms with Gasteiger partial charge in [0.1, 0.15) is 5.82 Å². The van der Waals surface area contributed by atoms with Crippen LogP contribution in [-0.4, -0.2) is 40.0 Å². The van der Waals surface area contributed by atoms with Crippen LogP contribution >= 0.6 is 0 Å². The predicted octanol–water partition coefficient (Wildman–Crippen LogP) is 4.21. The summed E-state index contributed by atoms with van der Waals surface area (Å²) in [7, 11) is 0. The molecule has 4 rings (SSSR count). The van der Waals surface area contributed by atoms with Crippen molar-refractivity contribution in [2.45, 2.75) is 32.9 Å². The Hall–Kier alpha value is -2.92. The van der Waals surface area contributed by atoms with E-state index >= 15 is 0 Å². The molecule has 1 saturated heterocycles. The minimum Gasteiger partial charge on any atom is -0.352 e. The molecule has 1 aliphatic heterocycles. The number of hydrogen-bond donors (Lipinski definition) is 1.